The minimum atomic E-state index is 0. The molecule has 0 bridgehead atoms. The van der Waals surface area contributed by atoms with Crippen LogP contribution in [-0.2, 0) is 0 Å². The Morgan fingerprint density at radius 2 is 0.721 bits per heavy atom. The smallest absolute Gasteiger partial charge is 0.120 e. The number of methoxy groups -OCH3 is 2. The lowest BCUT2D eigenvalue weighted by atomic mass is 10.0. The summed E-state index contributed by atoms with van der Waals surface area (Å²) in [7, 11) is 3.33. The van der Waals surface area contributed by atoms with Crippen LogP contribution in [0.15, 0.2) is 227 Å². The predicted molar refractivity (Wildman–Crippen MR) is 270 cm³/mol. The molecule has 0 saturated carbocycles. The largest absolute Gasteiger partial charge is 0.497 e. The molecule has 2 N–H and O–H groups in total. The first-order chi connectivity index (χ1) is 29.4. The molecule has 0 radical (unpaired) electrons. The number of hydrogen-bond acceptors (Lipinski definition) is 4. The van der Waals surface area contributed by atoms with Gasteiger partial charge in [-0.1, -0.05) is 197 Å². The quantitative estimate of drug-likeness (QED) is 0.175. The van der Waals surface area contributed by atoms with E-state index in [4.69, 9.17) is 15.2 Å². The standard InChI is InChI=1S/C27H21NO.2C10H7Br.C7H9NO.CH4/c1-29-23-14-8-13-22(19-23)28(26-17-6-11-20-9-2-4-15-24(20)26)27-18-7-12-21-10-3-5-16-25(21)27;2*11-10-7-3-5-8-4-1-2-6-9(8)10;1-9-7-4-2-3-6(8)5-7;/h2-19H,1H3;2*1-7H;2-5H,8H2,1H3;1H4. The van der Waals surface area contributed by atoms with Gasteiger partial charge in [-0.15, -0.1) is 0 Å². The molecule has 0 aliphatic carbocycles. The molecule has 4 nitrogen and oxygen atoms in total. The topological polar surface area (TPSA) is 47.7 Å². The number of ether oxygens (including phenoxy) is 2. The van der Waals surface area contributed by atoms with E-state index >= 15 is 0 Å². The van der Waals surface area contributed by atoms with Crippen molar-refractivity contribution in [1.82, 2.24) is 0 Å². The third kappa shape index (κ3) is 11.0. The van der Waals surface area contributed by atoms with E-state index in [-0.39, 0.29) is 7.43 Å². The van der Waals surface area contributed by atoms with Crippen LogP contribution in [0.5, 0.6) is 11.5 Å². The van der Waals surface area contributed by atoms with Crippen molar-refractivity contribution in [3.63, 3.8) is 0 Å². The maximum Gasteiger partial charge on any atom is 0.120 e. The van der Waals surface area contributed by atoms with E-state index in [1.54, 1.807) is 20.3 Å². The van der Waals surface area contributed by atoms with Gasteiger partial charge in [0.1, 0.15) is 11.5 Å². The molecule has 0 unspecified atom stereocenters. The Hall–Kier alpha value is -6.60. The molecule has 61 heavy (non-hydrogen) atoms. The van der Waals surface area contributed by atoms with Gasteiger partial charge in [0.15, 0.2) is 0 Å². The Morgan fingerprint density at radius 3 is 1.13 bits per heavy atom. The first kappa shape index (κ1) is 44.0. The van der Waals surface area contributed by atoms with Crippen molar-refractivity contribution in [2.75, 3.05) is 24.9 Å². The molecule has 0 aliphatic heterocycles. The summed E-state index contributed by atoms with van der Waals surface area (Å²) >= 11 is 6.99. The molecule has 0 saturated heterocycles. The number of rotatable bonds is 5. The van der Waals surface area contributed by atoms with Gasteiger partial charge in [0.05, 0.1) is 25.6 Å². The molecular formula is C55H48Br2N2O2. The molecule has 6 heteroatoms. The van der Waals surface area contributed by atoms with E-state index in [1.807, 2.05) is 54.6 Å². The molecule has 0 atom stereocenters. The Kier molecular flexibility index (Phi) is 15.6. The molecule has 10 aromatic rings. The predicted octanol–water partition coefficient (Wildman–Crippen LogP) is 16.6. The Balaban J connectivity index is 0.000000159. The van der Waals surface area contributed by atoms with Gasteiger partial charge in [0.25, 0.3) is 0 Å². The highest BCUT2D eigenvalue weighted by Crippen LogP contribution is 2.42. The van der Waals surface area contributed by atoms with Gasteiger partial charge in [0, 0.05) is 43.2 Å². The third-order valence-electron chi connectivity index (χ3n) is 9.89. The van der Waals surface area contributed by atoms with Crippen LogP contribution >= 0.6 is 31.9 Å². The van der Waals surface area contributed by atoms with Gasteiger partial charge in [-0.2, -0.15) is 0 Å². The van der Waals surface area contributed by atoms with E-state index in [0.717, 1.165) is 43.2 Å². The highest BCUT2D eigenvalue weighted by atomic mass is 79.9. The van der Waals surface area contributed by atoms with Gasteiger partial charge in [-0.05, 0) is 80.8 Å². The number of anilines is 4. The summed E-state index contributed by atoms with van der Waals surface area (Å²) in [6.07, 6.45) is 0. The zero-order valence-corrected chi connectivity index (χ0v) is 36.6. The van der Waals surface area contributed by atoms with E-state index in [9.17, 15) is 0 Å². The molecule has 10 rings (SSSR count). The van der Waals surface area contributed by atoms with Gasteiger partial charge in [-0.25, -0.2) is 0 Å². The normalized spacial score (nSPS) is 10.2. The van der Waals surface area contributed by atoms with Crippen molar-refractivity contribution in [3.8, 4) is 11.5 Å². The lowest BCUT2D eigenvalue weighted by Crippen LogP contribution is -2.11. The molecule has 304 valence electrons. The van der Waals surface area contributed by atoms with Crippen molar-refractivity contribution < 1.29 is 9.47 Å². The number of benzene rings is 10. The van der Waals surface area contributed by atoms with Crippen molar-refractivity contribution in [2.45, 2.75) is 7.43 Å². The van der Waals surface area contributed by atoms with Crippen molar-refractivity contribution in [2.24, 2.45) is 0 Å². The second kappa shape index (κ2) is 21.6. The molecule has 0 heterocycles. The number of nitrogens with zero attached hydrogens (tertiary/aromatic N) is 1. The van der Waals surface area contributed by atoms with E-state index in [1.165, 1.54) is 43.1 Å². The van der Waals surface area contributed by atoms with Crippen LogP contribution in [0.1, 0.15) is 7.43 Å². The SMILES string of the molecule is Brc1cccc2ccccc12.Brc1cccc2ccccc12.C.COc1cccc(N(c2cccc3ccccc23)c2cccc3ccccc23)c1.COc1cccc(N)c1. The fraction of sp³-hybridized carbons (Fsp3) is 0.0545. The van der Waals surface area contributed by atoms with Gasteiger partial charge >= 0.3 is 0 Å². The summed E-state index contributed by atoms with van der Waals surface area (Å²) < 4.78 is 12.8. The summed E-state index contributed by atoms with van der Waals surface area (Å²) in [5.41, 5.74) is 9.54. The van der Waals surface area contributed by atoms with E-state index in [0.29, 0.717) is 0 Å². The average Bonchev–Trinajstić information content (AvgIpc) is 3.30. The first-order valence-corrected chi connectivity index (χ1v) is 21.1. The van der Waals surface area contributed by atoms with Gasteiger partial charge < -0.3 is 20.1 Å². The second-order valence-electron chi connectivity index (χ2n) is 13.7. The summed E-state index contributed by atoms with van der Waals surface area (Å²) in [5, 5.41) is 9.97. The third-order valence-corrected chi connectivity index (χ3v) is 11.3. The highest BCUT2D eigenvalue weighted by Gasteiger charge is 2.17. The summed E-state index contributed by atoms with van der Waals surface area (Å²) in [5.74, 6) is 1.64. The summed E-state index contributed by atoms with van der Waals surface area (Å²) in [6, 6.07) is 74.6. The maximum atomic E-state index is 5.53. The van der Waals surface area contributed by atoms with Crippen molar-refractivity contribution >= 4 is 97.7 Å². The summed E-state index contributed by atoms with van der Waals surface area (Å²) in [4.78, 5) is 2.33. The second-order valence-corrected chi connectivity index (χ2v) is 15.4. The maximum absolute atomic E-state index is 5.53. The lowest BCUT2D eigenvalue weighted by molar-refractivity contribution is 0.415. The van der Waals surface area contributed by atoms with Crippen molar-refractivity contribution in [3.05, 3.63) is 227 Å². The monoisotopic (exact) mass is 926 g/mol. The van der Waals surface area contributed by atoms with Crippen LogP contribution in [0, 0.1) is 0 Å². The summed E-state index contributed by atoms with van der Waals surface area (Å²) in [6.45, 7) is 0. The first-order valence-electron chi connectivity index (χ1n) is 19.5. The Morgan fingerprint density at radius 1 is 0.377 bits per heavy atom. The number of fused-ring (bicyclic) bond motifs is 4. The minimum absolute atomic E-state index is 0. The van der Waals surface area contributed by atoms with Gasteiger partial charge in [-0.3, -0.25) is 0 Å². The number of nitrogen functional groups attached to an aromatic ring is 1. The van der Waals surface area contributed by atoms with E-state index < -0.39 is 0 Å². The zero-order chi connectivity index (χ0) is 41.7. The average molecular weight is 929 g/mol. The molecule has 0 aromatic heterocycles. The molecule has 0 aliphatic rings. The van der Waals surface area contributed by atoms with E-state index in [2.05, 4.69) is 194 Å². The number of halogens is 2. The number of hydrogen-bond donors (Lipinski definition) is 1. The molecule has 10 aromatic carbocycles. The van der Waals surface area contributed by atoms with Gasteiger partial charge in [0.2, 0.25) is 0 Å². The van der Waals surface area contributed by atoms with Crippen LogP contribution in [0.3, 0.4) is 0 Å². The van der Waals surface area contributed by atoms with Crippen LogP contribution < -0.4 is 20.1 Å². The van der Waals surface area contributed by atoms with Crippen LogP contribution in [0.2, 0.25) is 0 Å². The Bertz CT molecular complexity index is 2810. The Labute approximate surface area is 376 Å². The fourth-order valence-corrected chi connectivity index (χ4v) is 8.00. The van der Waals surface area contributed by atoms with Crippen molar-refractivity contribution in [1.29, 1.82) is 0 Å². The number of nitrogens with two attached hydrogens (primary N) is 1. The molecule has 0 fully saturated rings. The molecule has 0 amide bonds. The van der Waals surface area contributed by atoms with Crippen LogP contribution in [0.4, 0.5) is 22.7 Å². The fourth-order valence-electron chi connectivity index (χ4n) is 6.98. The lowest BCUT2D eigenvalue weighted by Gasteiger charge is -2.28. The zero-order valence-electron chi connectivity index (χ0n) is 33.4. The molecular weight excluding hydrogens is 880 g/mol. The highest BCUT2D eigenvalue weighted by molar-refractivity contribution is 9.11. The molecule has 0 spiro atoms. The van der Waals surface area contributed by atoms with Crippen LogP contribution in [-0.4, -0.2) is 14.2 Å². The van der Waals surface area contributed by atoms with Crippen LogP contribution in [0.25, 0.3) is 43.1 Å². The minimum Gasteiger partial charge on any atom is -0.497 e.